The molecule has 1 aromatic heterocycles. The first-order chi connectivity index (χ1) is 12.3. The monoisotopic (exact) mass is 371 g/mol. The lowest BCUT2D eigenvalue weighted by atomic mass is 10.1. The molecule has 0 unspecified atom stereocenters. The molecule has 3 aromatic rings. The van der Waals surface area contributed by atoms with Gasteiger partial charge in [-0.15, -0.1) is 0 Å². The molecule has 5 nitrogen and oxygen atoms in total. The van der Waals surface area contributed by atoms with Gasteiger partial charge in [0.05, 0.1) is 16.8 Å². The minimum Gasteiger partial charge on any atom is -0.354 e. The van der Waals surface area contributed by atoms with Gasteiger partial charge in [0.15, 0.2) is 0 Å². The van der Waals surface area contributed by atoms with Crippen molar-refractivity contribution < 1.29 is 12.8 Å². The molecule has 1 heterocycles. The Hall–Kier alpha value is -2.93. The van der Waals surface area contributed by atoms with Gasteiger partial charge in [0.1, 0.15) is 11.6 Å². The van der Waals surface area contributed by atoms with E-state index in [-0.39, 0.29) is 10.7 Å². The molecule has 0 spiro atoms. The highest BCUT2D eigenvalue weighted by atomic mass is 32.2. The number of anilines is 3. The third kappa shape index (κ3) is 4.00. The summed E-state index contributed by atoms with van der Waals surface area (Å²) in [5.74, 6) is -0.315. The Morgan fingerprint density at radius 1 is 0.962 bits per heavy atom. The molecule has 0 amide bonds. The summed E-state index contributed by atoms with van der Waals surface area (Å²) in [5, 5.41) is 3.26. The molecule has 0 saturated carbocycles. The van der Waals surface area contributed by atoms with Crippen LogP contribution in [0, 0.1) is 19.7 Å². The molecule has 0 atom stereocenters. The molecule has 0 radical (unpaired) electrons. The maximum absolute atomic E-state index is 12.9. The fourth-order valence-corrected chi connectivity index (χ4v) is 3.39. The fraction of sp³-hybridized carbons (Fsp3) is 0.105. The molecular weight excluding hydrogens is 353 g/mol. The van der Waals surface area contributed by atoms with Crippen LogP contribution in [0.15, 0.2) is 65.7 Å². The molecule has 7 heteroatoms. The molecule has 2 aromatic carbocycles. The minimum absolute atomic E-state index is 0.0294. The predicted octanol–water partition coefficient (Wildman–Crippen LogP) is 4.38. The van der Waals surface area contributed by atoms with Gasteiger partial charge in [-0.2, -0.15) is 0 Å². The van der Waals surface area contributed by atoms with E-state index in [1.807, 2.05) is 32.0 Å². The Morgan fingerprint density at radius 2 is 1.69 bits per heavy atom. The average molecular weight is 371 g/mol. The number of halogens is 1. The number of aromatic nitrogens is 1. The van der Waals surface area contributed by atoms with Gasteiger partial charge in [-0.3, -0.25) is 4.72 Å². The third-order valence-corrected chi connectivity index (χ3v) is 5.38. The maximum atomic E-state index is 12.9. The first-order valence-corrected chi connectivity index (χ1v) is 9.41. The van der Waals surface area contributed by atoms with Gasteiger partial charge in [-0.25, -0.2) is 17.8 Å². The number of sulfonamides is 1. The van der Waals surface area contributed by atoms with E-state index in [9.17, 15) is 12.8 Å². The highest BCUT2D eigenvalue weighted by Gasteiger charge is 2.14. The second kappa shape index (κ2) is 7.13. The lowest BCUT2D eigenvalue weighted by Crippen LogP contribution is -2.13. The van der Waals surface area contributed by atoms with E-state index in [0.29, 0.717) is 0 Å². The van der Waals surface area contributed by atoms with E-state index < -0.39 is 15.8 Å². The van der Waals surface area contributed by atoms with Crippen molar-refractivity contribution in [3.05, 3.63) is 77.7 Å². The predicted molar refractivity (Wildman–Crippen MR) is 101 cm³/mol. The molecule has 3 rings (SSSR count). The minimum atomic E-state index is -3.81. The number of benzene rings is 2. The van der Waals surface area contributed by atoms with Gasteiger partial charge in [-0.05, 0) is 67.4 Å². The zero-order valence-electron chi connectivity index (χ0n) is 14.3. The van der Waals surface area contributed by atoms with E-state index in [0.717, 1.165) is 29.1 Å². The summed E-state index contributed by atoms with van der Waals surface area (Å²) in [5.41, 5.74) is 4.01. The smallest absolute Gasteiger partial charge is 0.263 e. The van der Waals surface area contributed by atoms with E-state index in [4.69, 9.17) is 0 Å². The van der Waals surface area contributed by atoms with Crippen molar-refractivity contribution in [2.75, 3.05) is 10.0 Å². The highest BCUT2D eigenvalue weighted by molar-refractivity contribution is 7.92. The molecule has 0 fully saturated rings. The molecule has 0 bridgehead atoms. The van der Waals surface area contributed by atoms with Crippen LogP contribution in [0.25, 0.3) is 0 Å². The lowest BCUT2D eigenvalue weighted by molar-refractivity contribution is 0.599. The van der Waals surface area contributed by atoms with Crippen LogP contribution in [0.4, 0.5) is 21.6 Å². The molecular formula is C19H18FN3O2S. The Balaban J connectivity index is 1.75. The first-order valence-electron chi connectivity index (χ1n) is 7.93. The number of nitrogens with zero attached hydrogens (tertiary/aromatic N) is 1. The molecule has 0 aliphatic carbocycles. The third-order valence-electron chi connectivity index (χ3n) is 4.01. The molecule has 2 N–H and O–H groups in total. The maximum Gasteiger partial charge on any atom is 0.263 e. The Morgan fingerprint density at radius 3 is 2.35 bits per heavy atom. The second-order valence-electron chi connectivity index (χ2n) is 5.86. The Bertz CT molecular complexity index is 1020. The van der Waals surface area contributed by atoms with Crippen LogP contribution in [0.5, 0.6) is 0 Å². The lowest BCUT2D eigenvalue weighted by Gasteiger charge is -2.12. The Labute approximate surface area is 152 Å². The second-order valence-corrected chi connectivity index (χ2v) is 7.55. The normalized spacial score (nSPS) is 11.2. The van der Waals surface area contributed by atoms with Crippen LogP contribution in [0.3, 0.4) is 0 Å². The zero-order chi connectivity index (χ0) is 18.7. The van der Waals surface area contributed by atoms with Gasteiger partial charge in [0.25, 0.3) is 10.0 Å². The van der Waals surface area contributed by atoms with Gasteiger partial charge >= 0.3 is 0 Å². The number of aryl methyl sites for hydroxylation is 1. The van der Waals surface area contributed by atoms with Gasteiger partial charge < -0.3 is 5.32 Å². The summed E-state index contributed by atoms with van der Waals surface area (Å²) >= 11 is 0. The number of rotatable bonds is 5. The van der Waals surface area contributed by atoms with Gasteiger partial charge in [-0.1, -0.05) is 12.1 Å². The van der Waals surface area contributed by atoms with Crippen LogP contribution < -0.4 is 10.0 Å². The average Bonchev–Trinajstić information content (AvgIpc) is 2.61. The first kappa shape index (κ1) is 17.9. The van der Waals surface area contributed by atoms with Crippen molar-refractivity contribution in [1.29, 1.82) is 0 Å². The summed E-state index contributed by atoms with van der Waals surface area (Å²) in [4.78, 5) is 4.10. The quantitative estimate of drug-likeness (QED) is 0.698. The van der Waals surface area contributed by atoms with E-state index in [2.05, 4.69) is 15.0 Å². The summed E-state index contributed by atoms with van der Waals surface area (Å²) in [7, 11) is -3.81. The zero-order valence-corrected chi connectivity index (χ0v) is 15.1. The van der Waals surface area contributed by atoms with Crippen molar-refractivity contribution in [3.63, 3.8) is 0 Å². The van der Waals surface area contributed by atoms with Crippen LogP contribution in [-0.2, 0) is 10.0 Å². The number of pyridine rings is 1. The van der Waals surface area contributed by atoms with Crippen molar-refractivity contribution >= 4 is 27.2 Å². The highest BCUT2D eigenvalue weighted by Crippen LogP contribution is 2.23. The van der Waals surface area contributed by atoms with Crippen LogP contribution in [0.1, 0.15) is 11.1 Å². The molecule has 0 aliphatic heterocycles. The Kier molecular flexibility index (Phi) is 4.90. The van der Waals surface area contributed by atoms with E-state index >= 15 is 0 Å². The van der Waals surface area contributed by atoms with Crippen molar-refractivity contribution in [3.8, 4) is 0 Å². The van der Waals surface area contributed by atoms with Crippen molar-refractivity contribution in [2.45, 2.75) is 18.7 Å². The van der Waals surface area contributed by atoms with E-state index in [1.54, 1.807) is 18.3 Å². The van der Waals surface area contributed by atoms with Crippen LogP contribution in [0.2, 0.25) is 0 Å². The van der Waals surface area contributed by atoms with Gasteiger partial charge in [0, 0.05) is 5.69 Å². The number of hydrogen-bond donors (Lipinski definition) is 2. The summed E-state index contributed by atoms with van der Waals surface area (Å²) < 4.78 is 39.9. The summed E-state index contributed by atoms with van der Waals surface area (Å²) in [6.07, 6.45) is 1.55. The largest absolute Gasteiger partial charge is 0.354 e. The number of hydrogen-bond acceptors (Lipinski definition) is 4. The molecule has 134 valence electrons. The number of nitrogens with one attached hydrogen (secondary N) is 2. The summed E-state index contributed by atoms with van der Waals surface area (Å²) in [6.45, 7) is 4.06. The van der Waals surface area contributed by atoms with Crippen molar-refractivity contribution in [1.82, 2.24) is 4.98 Å². The molecule has 0 saturated heterocycles. The molecule has 0 aliphatic rings. The van der Waals surface area contributed by atoms with E-state index in [1.165, 1.54) is 17.7 Å². The van der Waals surface area contributed by atoms with Crippen LogP contribution >= 0.6 is 0 Å². The molecule has 26 heavy (non-hydrogen) atoms. The van der Waals surface area contributed by atoms with Crippen LogP contribution in [-0.4, -0.2) is 13.4 Å². The van der Waals surface area contributed by atoms with Crippen molar-refractivity contribution in [2.24, 2.45) is 0 Å². The summed E-state index contributed by atoms with van der Waals surface area (Å²) in [6, 6.07) is 13.9. The van der Waals surface area contributed by atoms with Gasteiger partial charge in [0.2, 0.25) is 0 Å². The standard InChI is InChI=1S/C19H18FN3O2S/c1-13-4-3-5-18(14(13)2)22-16-8-11-19(21-12-16)23-26(24,25)17-9-6-15(20)7-10-17/h3-12,22H,1-2H3,(H,21,23). The fourth-order valence-electron chi connectivity index (χ4n) is 2.38. The SMILES string of the molecule is Cc1cccc(Nc2ccc(NS(=O)(=O)c3ccc(F)cc3)nc2)c1C. The topological polar surface area (TPSA) is 71.1 Å².